The van der Waals surface area contributed by atoms with Crippen LogP contribution in [0.3, 0.4) is 0 Å². The maximum absolute atomic E-state index is 9.18. The Morgan fingerprint density at radius 2 is 1.75 bits per heavy atom. The fourth-order valence-electron chi connectivity index (χ4n) is 1.61. The number of aromatic hydroxyl groups is 1. The Morgan fingerprint density at radius 1 is 1.10 bits per heavy atom. The first-order chi connectivity index (χ1) is 9.65. The predicted octanol–water partition coefficient (Wildman–Crippen LogP) is 1.11. The number of phenols is 1. The number of hydrogen-bond acceptors (Lipinski definition) is 5. The maximum Gasteiger partial charge on any atom is 0.122 e. The number of nitrogens with one attached hydrogen (secondary N) is 2. The monoisotopic (exact) mass is 273 g/mol. The summed E-state index contributed by atoms with van der Waals surface area (Å²) in [4.78, 5) is 0. The van der Waals surface area contributed by atoms with Crippen molar-refractivity contribution in [2.75, 3.05) is 5.32 Å². The number of nitrogen functional groups attached to an aromatic ring is 1. The van der Waals surface area contributed by atoms with Gasteiger partial charge in [-0.05, 0) is 29.8 Å². The van der Waals surface area contributed by atoms with E-state index in [4.69, 9.17) is 11.1 Å². The lowest BCUT2D eigenvalue weighted by Crippen LogP contribution is -2.11. The van der Waals surface area contributed by atoms with Crippen LogP contribution in [0.15, 0.2) is 48.5 Å². The molecule has 0 bridgehead atoms. The van der Waals surface area contributed by atoms with Gasteiger partial charge in [0.25, 0.3) is 0 Å². The van der Waals surface area contributed by atoms with Gasteiger partial charge < -0.3 is 16.2 Å². The molecule has 0 saturated heterocycles. The third-order valence-corrected chi connectivity index (χ3v) is 2.61. The molecule has 0 saturated carbocycles. The summed E-state index contributed by atoms with van der Waals surface area (Å²) in [6.45, 7) is 0.654. The number of anilines is 1. The maximum atomic E-state index is 9.18. The van der Waals surface area contributed by atoms with Crippen LogP contribution in [0.1, 0.15) is 11.1 Å². The lowest BCUT2D eigenvalue weighted by molar-refractivity contribution is 0.475. The first kappa shape index (κ1) is 15.5. The molecule has 0 heterocycles. The molecule has 0 amide bonds. The van der Waals surface area contributed by atoms with Crippen LogP contribution in [0.25, 0.3) is 0 Å². The van der Waals surface area contributed by atoms with Gasteiger partial charge in [0.05, 0.1) is 0 Å². The first-order valence-electron chi connectivity index (χ1n) is 5.95. The molecular formula is C14H19N5O. The third-order valence-electron chi connectivity index (χ3n) is 2.61. The number of hydrazine groups is 1. The smallest absolute Gasteiger partial charge is 0.122 e. The second kappa shape index (κ2) is 7.78. The zero-order chi connectivity index (χ0) is 15.0. The van der Waals surface area contributed by atoms with E-state index in [0.29, 0.717) is 12.1 Å². The SMILES string of the molecule is N=C(N)c1cccc(NCc2ccc(O)cc2)c1.NN. The van der Waals surface area contributed by atoms with Crippen LogP contribution in [-0.4, -0.2) is 10.9 Å². The van der Waals surface area contributed by atoms with E-state index >= 15 is 0 Å². The summed E-state index contributed by atoms with van der Waals surface area (Å²) in [5.41, 5.74) is 8.12. The van der Waals surface area contributed by atoms with Crippen LogP contribution in [0.5, 0.6) is 5.75 Å². The van der Waals surface area contributed by atoms with Crippen molar-refractivity contribution in [1.82, 2.24) is 0 Å². The summed E-state index contributed by atoms with van der Waals surface area (Å²) < 4.78 is 0. The zero-order valence-corrected chi connectivity index (χ0v) is 11.0. The van der Waals surface area contributed by atoms with E-state index in [1.165, 1.54) is 0 Å². The van der Waals surface area contributed by atoms with E-state index in [1.807, 2.05) is 30.3 Å². The van der Waals surface area contributed by atoms with Gasteiger partial charge in [0.1, 0.15) is 11.6 Å². The molecule has 0 radical (unpaired) electrons. The van der Waals surface area contributed by atoms with Crippen molar-refractivity contribution in [3.8, 4) is 5.75 Å². The van der Waals surface area contributed by atoms with Crippen LogP contribution < -0.4 is 22.7 Å². The molecule has 20 heavy (non-hydrogen) atoms. The molecule has 106 valence electrons. The molecule has 0 unspecified atom stereocenters. The van der Waals surface area contributed by atoms with E-state index in [2.05, 4.69) is 17.0 Å². The van der Waals surface area contributed by atoms with Gasteiger partial charge in [0.2, 0.25) is 0 Å². The van der Waals surface area contributed by atoms with Crippen LogP contribution >= 0.6 is 0 Å². The van der Waals surface area contributed by atoms with E-state index in [-0.39, 0.29) is 11.6 Å². The van der Waals surface area contributed by atoms with Crippen LogP contribution in [-0.2, 0) is 6.54 Å². The number of rotatable bonds is 4. The first-order valence-corrected chi connectivity index (χ1v) is 5.95. The molecule has 6 nitrogen and oxygen atoms in total. The van der Waals surface area contributed by atoms with Gasteiger partial charge in [-0.1, -0.05) is 24.3 Å². The fourth-order valence-corrected chi connectivity index (χ4v) is 1.61. The molecule has 0 aliphatic heterocycles. The van der Waals surface area contributed by atoms with Gasteiger partial charge in [0, 0.05) is 17.8 Å². The summed E-state index contributed by atoms with van der Waals surface area (Å²) in [6, 6.07) is 14.4. The molecule has 2 aromatic carbocycles. The van der Waals surface area contributed by atoms with Crippen molar-refractivity contribution >= 4 is 11.5 Å². The Balaban J connectivity index is 0.000000956. The second-order valence-electron chi connectivity index (χ2n) is 4.01. The molecule has 2 aromatic rings. The molecule has 9 N–H and O–H groups in total. The standard InChI is InChI=1S/C14H15N3O.H4N2/c15-14(16)11-2-1-3-12(8-11)17-9-10-4-6-13(18)7-5-10;1-2/h1-8,17-18H,9H2,(H3,15,16);1-2H2. The zero-order valence-electron chi connectivity index (χ0n) is 11.0. The Bertz CT molecular complexity index is 554. The van der Waals surface area contributed by atoms with Crippen molar-refractivity contribution in [3.05, 3.63) is 59.7 Å². The lowest BCUT2D eigenvalue weighted by Gasteiger charge is -2.08. The van der Waals surface area contributed by atoms with Crippen LogP contribution in [0.2, 0.25) is 0 Å². The number of hydrogen-bond donors (Lipinski definition) is 6. The van der Waals surface area contributed by atoms with Crippen LogP contribution in [0.4, 0.5) is 5.69 Å². The minimum Gasteiger partial charge on any atom is -0.508 e. The quantitative estimate of drug-likeness (QED) is 0.215. The Kier molecular flexibility index (Phi) is 6.02. The van der Waals surface area contributed by atoms with Gasteiger partial charge in [0.15, 0.2) is 0 Å². The highest BCUT2D eigenvalue weighted by atomic mass is 16.3. The summed E-state index contributed by atoms with van der Waals surface area (Å²) in [7, 11) is 0. The molecule has 2 rings (SSSR count). The molecule has 0 spiro atoms. The molecular weight excluding hydrogens is 254 g/mol. The summed E-state index contributed by atoms with van der Waals surface area (Å²) in [6.07, 6.45) is 0. The molecule has 0 aliphatic carbocycles. The van der Waals surface area contributed by atoms with Crippen molar-refractivity contribution < 1.29 is 5.11 Å². The molecule has 0 fully saturated rings. The molecule has 0 atom stereocenters. The van der Waals surface area contributed by atoms with Crippen molar-refractivity contribution in [2.45, 2.75) is 6.54 Å². The topological polar surface area (TPSA) is 134 Å². The van der Waals surface area contributed by atoms with Crippen molar-refractivity contribution in [2.24, 2.45) is 17.4 Å². The lowest BCUT2D eigenvalue weighted by atomic mass is 10.1. The predicted molar refractivity (Wildman–Crippen MR) is 81.3 cm³/mol. The van der Waals surface area contributed by atoms with E-state index in [1.54, 1.807) is 18.2 Å². The van der Waals surface area contributed by atoms with Gasteiger partial charge >= 0.3 is 0 Å². The molecule has 0 aromatic heterocycles. The number of benzene rings is 2. The Labute approximate surface area is 117 Å². The summed E-state index contributed by atoms with van der Waals surface area (Å²) >= 11 is 0. The molecule has 6 heteroatoms. The average molecular weight is 273 g/mol. The second-order valence-corrected chi connectivity index (χ2v) is 4.01. The van der Waals surface area contributed by atoms with E-state index < -0.39 is 0 Å². The fraction of sp³-hybridized carbons (Fsp3) is 0.0714. The highest BCUT2D eigenvalue weighted by Crippen LogP contribution is 2.14. The average Bonchev–Trinajstić information content (AvgIpc) is 2.49. The summed E-state index contributed by atoms with van der Waals surface area (Å²) in [5, 5.41) is 19.8. The molecule has 0 aliphatic rings. The third kappa shape index (κ3) is 4.60. The van der Waals surface area contributed by atoms with Crippen molar-refractivity contribution in [3.63, 3.8) is 0 Å². The van der Waals surface area contributed by atoms with Gasteiger partial charge in [-0.2, -0.15) is 0 Å². The summed E-state index contributed by atoms with van der Waals surface area (Å²) in [5.74, 6) is 8.32. The highest BCUT2D eigenvalue weighted by Gasteiger charge is 1.98. The largest absolute Gasteiger partial charge is 0.508 e. The van der Waals surface area contributed by atoms with Gasteiger partial charge in [-0.3, -0.25) is 17.1 Å². The van der Waals surface area contributed by atoms with Crippen LogP contribution in [0, 0.1) is 5.41 Å². The minimum absolute atomic E-state index is 0.0586. The number of amidine groups is 1. The Morgan fingerprint density at radius 3 is 2.35 bits per heavy atom. The Hall–Kier alpha value is -2.57. The number of phenolic OH excluding ortho intramolecular Hbond substituents is 1. The van der Waals surface area contributed by atoms with E-state index in [9.17, 15) is 5.11 Å². The normalized spacial score (nSPS) is 9.30. The van der Waals surface area contributed by atoms with E-state index in [0.717, 1.165) is 11.3 Å². The minimum atomic E-state index is 0.0586. The highest BCUT2D eigenvalue weighted by molar-refractivity contribution is 5.95. The number of nitrogens with two attached hydrogens (primary N) is 3. The van der Waals surface area contributed by atoms with Gasteiger partial charge in [-0.25, -0.2) is 0 Å². The van der Waals surface area contributed by atoms with Crippen molar-refractivity contribution in [1.29, 1.82) is 5.41 Å². The van der Waals surface area contributed by atoms with Gasteiger partial charge in [-0.15, -0.1) is 0 Å².